The number of nitrogens with zero attached hydrogens (tertiary/aromatic N) is 2. The molecule has 1 fully saturated rings. The lowest BCUT2D eigenvalue weighted by Crippen LogP contribution is -2.05. The molecule has 20 heavy (non-hydrogen) atoms. The van der Waals surface area contributed by atoms with Gasteiger partial charge in [0, 0.05) is 10.9 Å². The van der Waals surface area contributed by atoms with Crippen LogP contribution in [0.25, 0.3) is 0 Å². The van der Waals surface area contributed by atoms with Crippen LogP contribution in [0, 0.1) is 0 Å². The van der Waals surface area contributed by atoms with E-state index in [0.29, 0.717) is 16.8 Å². The zero-order valence-electron chi connectivity index (χ0n) is 11.5. The zero-order valence-corrected chi connectivity index (χ0v) is 12.2. The van der Waals surface area contributed by atoms with Crippen LogP contribution in [0.1, 0.15) is 56.3 Å². The van der Waals surface area contributed by atoms with Gasteiger partial charge in [0.05, 0.1) is 0 Å². The topological polar surface area (TPSA) is 50.8 Å². The number of rotatable bonds is 4. The summed E-state index contributed by atoms with van der Waals surface area (Å²) in [4.78, 5) is 4.59. The summed E-state index contributed by atoms with van der Waals surface area (Å²) >= 11 is 5.95. The Kier molecular flexibility index (Phi) is 3.92. The van der Waals surface area contributed by atoms with Crippen LogP contribution in [0.15, 0.2) is 24.3 Å². The standard InChI is InChI=1S/C15H18ClN3O/c1-10(20-13-8-4-7-12(16)9-13)14-17-15(19-18-14)11-5-2-3-6-11/h4,7-11H,2-3,5-6H2,1H3,(H,17,18,19). The lowest BCUT2D eigenvalue weighted by Gasteiger charge is -2.11. The monoisotopic (exact) mass is 291 g/mol. The van der Waals surface area contributed by atoms with Gasteiger partial charge in [0.2, 0.25) is 0 Å². The van der Waals surface area contributed by atoms with Crippen molar-refractivity contribution < 1.29 is 4.74 Å². The van der Waals surface area contributed by atoms with Crippen LogP contribution >= 0.6 is 11.6 Å². The van der Waals surface area contributed by atoms with Gasteiger partial charge in [-0.1, -0.05) is 30.5 Å². The average Bonchev–Trinajstić information content (AvgIpc) is 3.10. The fraction of sp³-hybridized carbons (Fsp3) is 0.467. The maximum atomic E-state index is 5.95. The van der Waals surface area contributed by atoms with Gasteiger partial charge in [-0.05, 0) is 38.0 Å². The van der Waals surface area contributed by atoms with E-state index in [4.69, 9.17) is 16.3 Å². The molecule has 3 rings (SSSR count). The van der Waals surface area contributed by atoms with E-state index in [1.165, 1.54) is 25.7 Å². The van der Waals surface area contributed by atoms with Gasteiger partial charge in [-0.3, -0.25) is 5.10 Å². The molecule has 1 aliphatic rings. The molecule has 1 unspecified atom stereocenters. The van der Waals surface area contributed by atoms with Crippen molar-refractivity contribution in [3.63, 3.8) is 0 Å². The molecule has 1 heterocycles. The van der Waals surface area contributed by atoms with E-state index in [1.54, 1.807) is 6.07 Å². The van der Waals surface area contributed by atoms with Crippen LogP contribution < -0.4 is 4.74 Å². The summed E-state index contributed by atoms with van der Waals surface area (Å²) in [6.07, 6.45) is 4.79. The van der Waals surface area contributed by atoms with Crippen LogP contribution in [-0.4, -0.2) is 15.2 Å². The number of nitrogens with one attached hydrogen (secondary N) is 1. The van der Waals surface area contributed by atoms with Crippen molar-refractivity contribution in [1.29, 1.82) is 0 Å². The maximum absolute atomic E-state index is 5.95. The highest BCUT2D eigenvalue weighted by Crippen LogP contribution is 2.32. The Morgan fingerprint density at radius 3 is 2.90 bits per heavy atom. The molecule has 0 spiro atoms. The number of hydrogen-bond acceptors (Lipinski definition) is 3. The van der Waals surface area contributed by atoms with E-state index in [-0.39, 0.29) is 6.10 Å². The first-order valence-electron chi connectivity index (χ1n) is 7.07. The van der Waals surface area contributed by atoms with Gasteiger partial charge >= 0.3 is 0 Å². The van der Waals surface area contributed by atoms with Crippen molar-refractivity contribution in [1.82, 2.24) is 15.2 Å². The molecule has 0 aliphatic heterocycles. The molecule has 1 N–H and O–H groups in total. The highest BCUT2D eigenvalue weighted by Gasteiger charge is 2.22. The van der Waals surface area contributed by atoms with E-state index in [1.807, 2.05) is 25.1 Å². The maximum Gasteiger partial charge on any atom is 0.191 e. The fourth-order valence-electron chi connectivity index (χ4n) is 2.65. The highest BCUT2D eigenvalue weighted by atomic mass is 35.5. The highest BCUT2D eigenvalue weighted by molar-refractivity contribution is 6.30. The Morgan fingerprint density at radius 2 is 2.15 bits per heavy atom. The number of H-pyrrole nitrogens is 1. The number of ether oxygens (including phenoxy) is 1. The SMILES string of the molecule is CC(Oc1cccc(Cl)c1)c1n[nH]c(C2CCCC2)n1. The minimum Gasteiger partial charge on any atom is -0.483 e. The molecule has 0 amide bonds. The normalized spacial score (nSPS) is 17.3. The Hall–Kier alpha value is -1.55. The first-order chi connectivity index (χ1) is 9.72. The van der Waals surface area contributed by atoms with Crippen LogP contribution in [0.5, 0.6) is 5.75 Å². The third kappa shape index (κ3) is 2.96. The predicted octanol–water partition coefficient (Wildman–Crippen LogP) is 4.26. The summed E-state index contributed by atoms with van der Waals surface area (Å²) < 4.78 is 5.83. The van der Waals surface area contributed by atoms with Crippen molar-refractivity contribution >= 4 is 11.6 Å². The molecule has 1 aromatic carbocycles. The molecule has 0 radical (unpaired) electrons. The van der Waals surface area contributed by atoms with Crippen LogP contribution in [-0.2, 0) is 0 Å². The van der Waals surface area contributed by atoms with Crippen molar-refractivity contribution in [3.05, 3.63) is 40.9 Å². The number of halogens is 1. The number of aromatic nitrogens is 3. The molecular weight excluding hydrogens is 274 g/mol. The van der Waals surface area contributed by atoms with Gasteiger partial charge < -0.3 is 4.74 Å². The van der Waals surface area contributed by atoms with E-state index in [0.717, 1.165) is 11.6 Å². The summed E-state index contributed by atoms with van der Waals surface area (Å²) in [5.41, 5.74) is 0. The Labute approximate surface area is 123 Å². The quantitative estimate of drug-likeness (QED) is 0.916. The van der Waals surface area contributed by atoms with Gasteiger partial charge in [-0.25, -0.2) is 4.98 Å². The molecule has 4 nitrogen and oxygen atoms in total. The summed E-state index contributed by atoms with van der Waals surface area (Å²) in [5, 5.41) is 8.01. The van der Waals surface area contributed by atoms with Crippen molar-refractivity contribution in [2.24, 2.45) is 0 Å². The summed E-state index contributed by atoms with van der Waals surface area (Å²) in [6.45, 7) is 1.95. The summed E-state index contributed by atoms with van der Waals surface area (Å²) in [6, 6.07) is 7.37. The second-order valence-electron chi connectivity index (χ2n) is 5.28. The fourth-order valence-corrected chi connectivity index (χ4v) is 2.83. The van der Waals surface area contributed by atoms with Crippen molar-refractivity contribution in [2.75, 3.05) is 0 Å². The van der Waals surface area contributed by atoms with Crippen molar-refractivity contribution in [3.8, 4) is 5.75 Å². The van der Waals surface area contributed by atoms with Crippen molar-refractivity contribution in [2.45, 2.75) is 44.6 Å². The minimum absolute atomic E-state index is 0.195. The Bertz CT molecular complexity index is 578. The average molecular weight is 292 g/mol. The molecule has 0 saturated heterocycles. The van der Waals surface area contributed by atoms with Crippen LogP contribution in [0.3, 0.4) is 0 Å². The zero-order chi connectivity index (χ0) is 13.9. The van der Waals surface area contributed by atoms with E-state index in [2.05, 4.69) is 15.2 Å². The first kappa shape index (κ1) is 13.4. The van der Waals surface area contributed by atoms with E-state index >= 15 is 0 Å². The van der Waals surface area contributed by atoms with E-state index < -0.39 is 0 Å². The summed E-state index contributed by atoms with van der Waals surface area (Å²) in [7, 11) is 0. The molecule has 1 atom stereocenters. The van der Waals surface area contributed by atoms with Gasteiger partial charge in [0.1, 0.15) is 11.6 Å². The van der Waals surface area contributed by atoms with Gasteiger partial charge in [-0.2, -0.15) is 5.10 Å². The third-order valence-corrected chi connectivity index (χ3v) is 3.97. The molecule has 1 aromatic heterocycles. The second kappa shape index (κ2) is 5.83. The first-order valence-corrected chi connectivity index (χ1v) is 7.44. The Morgan fingerprint density at radius 1 is 1.35 bits per heavy atom. The number of aromatic amines is 1. The second-order valence-corrected chi connectivity index (χ2v) is 5.71. The predicted molar refractivity (Wildman–Crippen MR) is 78.1 cm³/mol. The molecule has 1 aliphatic carbocycles. The molecule has 1 saturated carbocycles. The Balaban J connectivity index is 1.69. The number of hydrogen-bond donors (Lipinski definition) is 1. The van der Waals surface area contributed by atoms with Crippen LogP contribution in [0.2, 0.25) is 5.02 Å². The van der Waals surface area contributed by atoms with Gasteiger partial charge in [-0.15, -0.1) is 0 Å². The molecule has 0 bridgehead atoms. The number of benzene rings is 1. The molecular formula is C15H18ClN3O. The van der Waals surface area contributed by atoms with E-state index in [9.17, 15) is 0 Å². The molecule has 2 aromatic rings. The van der Waals surface area contributed by atoms with Crippen LogP contribution in [0.4, 0.5) is 0 Å². The van der Waals surface area contributed by atoms with Gasteiger partial charge in [0.25, 0.3) is 0 Å². The third-order valence-electron chi connectivity index (χ3n) is 3.73. The lowest BCUT2D eigenvalue weighted by atomic mass is 10.1. The molecule has 106 valence electrons. The lowest BCUT2D eigenvalue weighted by molar-refractivity contribution is 0.217. The largest absolute Gasteiger partial charge is 0.483 e. The summed E-state index contributed by atoms with van der Waals surface area (Å²) in [5.74, 6) is 2.97. The van der Waals surface area contributed by atoms with Gasteiger partial charge in [0.15, 0.2) is 11.9 Å². The molecule has 5 heteroatoms. The smallest absolute Gasteiger partial charge is 0.191 e. The minimum atomic E-state index is -0.195.